The predicted molar refractivity (Wildman–Crippen MR) is 103 cm³/mol. The van der Waals surface area contributed by atoms with Crippen molar-refractivity contribution >= 4 is 27.8 Å². The number of rotatable bonds is 4. The number of aryl methyl sites for hydroxylation is 2. The smallest absolute Gasteiger partial charge is 0.282 e. The molecule has 1 aliphatic carbocycles. The average molecular weight is 369 g/mol. The maximum Gasteiger partial charge on any atom is 0.282 e. The fraction of sp³-hybridized carbons (Fsp3) is 0.316. The Morgan fingerprint density at radius 2 is 2.00 bits per heavy atom. The molecular weight excluding hydrogens is 350 g/mol. The van der Waals surface area contributed by atoms with Gasteiger partial charge in [0.05, 0.1) is 25.8 Å². The second-order valence-corrected chi connectivity index (χ2v) is 7.23. The minimum Gasteiger partial charge on any atom is -0.493 e. The van der Waals surface area contributed by atoms with E-state index >= 15 is 0 Å². The highest BCUT2D eigenvalue weighted by atomic mass is 32.1. The van der Waals surface area contributed by atoms with Gasteiger partial charge < -0.3 is 9.47 Å². The number of hydrogen-bond donors (Lipinski definition) is 0. The number of ether oxygens (including phenoxy) is 2. The molecule has 0 N–H and O–H groups in total. The van der Waals surface area contributed by atoms with E-state index < -0.39 is 0 Å². The Balaban J connectivity index is 1.72. The van der Waals surface area contributed by atoms with Crippen LogP contribution in [0.3, 0.4) is 0 Å². The Kier molecular flexibility index (Phi) is 4.46. The van der Waals surface area contributed by atoms with Crippen LogP contribution in [0.2, 0.25) is 0 Å². The zero-order valence-electron chi connectivity index (χ0n) is 14.7. The Hall–Kier alpha value is -2.67. The molecule has 0 saturated heterocycles. The van der Waals surface area contributed by atoms with Crippen molar-refractivity contribution in [3.8, 4) is 11.5 Å². The molecule has 6 nitrogen and oxygen atoms in total. The summed E-state index contributed by atoms with van der Waals surface area (Å²) in [6.45, 7) is 0. The third kappa shape index (κ3) is 2.88. The Bertz CT molecular complexity index is 1050. The molecular formula is C19H19N3O3S. The van der Waals surface area contributed by atoms with E-state index in [9.17, 15) is 4.79 Å². The summed E-state index contributed by atoms with van der Waals surface area (Å²) in [5.41, 5.74) is 1.87. The van der Waals surface area contributed by atoms with Crippen LogP contribution in [0.15, 0.2) is 34.4 Å². The van der Waals surface area contributed by atoms with E-state index in [4.69, 9.17) is 9.47 Å². The summed E-state index contributed by atoms with van der Waals surface area (Å²) in [4.78, 5) is 19.4. The second kappa shape index (κ2) is 6.92. The zero-order chi connectivity index (χ0) is 18.1. The molecule has 7 heteroatoms. The summed E-state index contributed by atoms with van der Waals surface area (Å²) in [6, 6.07) is 5.47. The van der Waals surface area contributed by atoms with Crippen LogP contribution in [0.5, 0.6) is 11.5 Å². The van der Waals surface area contributed by atoms with Gasteiger partial charge in [0.15, 0.2) is 11.5 Å². The first-order valence-corrected chi connectivity index (χ1v) is 9.31. The zero-order valence-corrected chi connectivity index (χ0v) is 15.5. The standard InChI is InChI=1S/C19H19N3O3S/c1-24-14-8-7-12(9-15(14)25-2)10-21-22-11-20-18-17(19(22)23)13-5-3-4-6-16(13)26-18/h7-11H,3-6H2,1-2H3/b21-10+. The molecule has 0 unspecified atom stereocenters. The summed E-state index contributed by atoms with van der Waals surface area (Å²) in [5.74, 6) is 1.26. The fourth-order valence-electron chi connectivity index (χ4n) is 3.28. The molecule has 0 amide bonds. The molecule has 26 heavy (non-hydrogen) atoms. The predicted octanol–water partition coefficient (Wildman–Crippen LogP) is 3.24. The SMILES string of the molecule is COc1ccc(/C=N/n2cnc3sc4c(c3c2=O)CCCC4)cc1OC. The monoisotopic (exact) mass is 369 g/mol. The Labute approximate surface area is 154 Å². The van der Waals surface area contributed by atoms with Crippen LogP contribution in [0.1, 0.15) is 28.8 Å². The lowest BCUT2D eigenvalue weighted by Crippen LogP contribution is -2.18. The van der Waals surface area contributed by atoms with Gasteiger partial charge in [-0.05, 0) is 55.0 Å². The minimum atomic E-state index is -0.105. The largest absolute Gasteiger partial charge is 0.493 e. The van der Waals surface area contributed by atoms with E-state index in [-0.39, 0.29) is 5.56 Å². The van der Waals surface area contributed by atoms with E-state index in [1.54, 1.807) is 37.8 Å². The van der Waals surface area contributed by atoms with E-state index in [1.807, 2.05) is 12.1 Å². The van der Waals surface area contributed by atoms with E-state index in [2.05, 4.69) is 10.1 Å². The number of nitrogens with zero attached hydrogens (tertiary/aromatic N) is 3. The number of methoxy groups -OCH3 is 2. The van der Waals surface area contributed by atoms with Gasteiger partial charge in [-0.3, -0.25) is 4.79 Å². The molecule has 0 spiro atoms. The van der Waals surface area contributed by atoms with Gasteiger partial charge in [0.2, 0.25) is 0 Å². The first kappa shape index (κ1) is 16.8. The van der Waals surface area contributed by atoms with Crippen molar-refractivity contribution in [3.05, 3.63) is 50.9 Å². The molecule has 0 aliphatic heterocycles. The molecule has 2 aromatic heterocycles. The molecule has 2 heterocycles. The normalized spacial score (nSPS) is 13.9. The highest BCUT2D eigenvalue weighted by Crippen LogP contribution is 2.33. The lowest BCUT2D eigenvalue weighted by atomic mass is 9.97. The van der Waals surface area contributed by atoms with Gasteiger partial charge in [-0.2, -0.15) is 9.78 Å². The van der Waals surface area contributed by atoms with Crippen molar-refractivity contribution in [1.29, 1.82) is 0 Å². The highest BCUT2D eigenvalue weighted by Gasteiger charge is 2.19. The quantitative estimate of drug-likeness (QED) is 0.662. The van der Waals surface area contributed by atoms with Gasteiger partial charge in [-0.25, -0.2) is 4.98 Å². The van der Waals surface area contributed by atoms with Crippen LogP contribution in [0.25, 0.3) is 10.2 Å². The lowest BCUT2D eigenvalue weighted by Gasteiger charge is -2.09. The summed E-state index contributed by atoms with van der Waals surface area (Å²) in [6.07, 6.45) is 7.42. The van der Waals surface area contributed by atoms with E-state index in [1.165, 1.54) is 27.9 Å². The van der Waals surface area contributed by atoms with Crippen LogP contribution < -0.4 is 15.0 Å². The van der Waals surface area contributed by atoms with Crippen LogP contribution in [-0.2, 0) is 12.8 Å². The third-order valence-corrected chi connectivity index (χ3v) is 5.80. The molecule has 1 aromatic carbocycles. The van der Waals surface area contributed by atoms with Gasteiger partial charge in [-0.15, -0.1) is 11.3 Å². The van der Waals surface area contributed by atoms with Crippen molar-refractivity contribution in [2.45, 2.75) is 25.7 Å². The third-order valence-electron chi connectivity index (χ3n) is 4.60. The van der Waals surface area contributed by atoms with Gasteiger partial charge in [0.1, 0.15) is 11.2 Å². The molecule has 3 aromatic rings. The van der Waals surface area contributed by atoms with Crippen molar-refractivity contribution in [2.75, 3.05) is 14.2 Å². The number of thiophene rings is 1. The van der Waals surface area contributed by atoms with Crippen LogP contribution in [0.4, 0.5) is 0 Å². The molecule has 4 rings (SSSR count). The molecule has 0 saturated carbocycles. The number of aromatic nitrogens is 2. The average Bonchev–Trinajstić information content (AvgIpc) is 3.06. The number of fused-ring (bicyclic) bond motifs is 3. The summed E-state index contributed by atoms with van der Waals surface area (Å²) < 4.78 is 11.8. The Morgan fingerprint density at radius 1 is 1.19 bits per heavy atom. The lowest BCUT2D eigenvalue weighted by molar-refractivity contribution is 0.355. The van der Waals surface area contributed by atoms with E-state index in [0.717, 1.165) is 35.0 Å². The number of benzene rings is 1. The maximum atomic E-state index is 12.9. The Morgan fingerprint density at radius 3 is 2.81 bits per heavy atom. The van der Waals surface area contributed by atoms with Crippen LogP contribution in [-0.4, -0.2) is 30.1 Å². The highest BCUT2D eigenvalue weighted by molar-refractivity contribution is 7.18. The van der Waals surface area contributed by atoms with Crippen LogP contribution >= 0.6 is 11.3 Å². The topological polar surface area (TPSA) is 65.7 Å². The fourth-order valence-corrected chi connectivity index (χ4v) is 4.50. The van der Waals surface area contributed by atoms with Crippen molar-refractivity contribution in [1.82, 2.24) is 9.66 Å². The molecule has 134 valence electrons. The van der Waals surface area contributed by atoms with Crippen molar-refractivity contribution in [2.24, 2.45) is 5.10 Å². The van der Waals surface area contributed by atoms with Crippen LogP contribution in [0, 0.1) is 0 Å². The number of hydrogen-bond acceptors (Lipinski definition) is 6. The summed E-state index contributed by atoms with van der Waals surface area (Å²) in [7, 11) is 3.18. The molecule has 0 atom stereocenters. The summed E-state index contributed by atoms with van der Waals surface area (Å²) >= 11 is 1.64. The molecule has 0 radical (unpaired) electrons. The molecule has 0 bridgehead atoms. The van der Waals surface area contributed by atoms with Crippen molar-refractivity contribution in [3.63, 3.8) is 0 Å². The van der Waals surface area contributed by atoms with Gasteiger partial charge >= 0.3 is 0 Å². The van der Waals surface area contributed by atoms with Crippen molar-refractivity contribution < 1.29 is 9.47 Å². The summed E-state index contributed by atoms with van der Waals surface area (Å²) in [5, 5.41) is 5.04. The maximum absolute atomic E-state index is 12.9. The molecule has 1 aliphatic rings. The minimum absolute atomic E-state index is 0.105. The van der Waals surface area contributed by atoms with Gasteiger partial charge in [0.25, 0.3) is 5.56 Å². The second-order valence-electron chi connectivity index (χ2n) is 6.14. The molecule has 0 fully saturated rings. The van der Waals surface area contributed by atoms with Gasteiger partial charge in [-0.1, -0.05) is 0 Å². The first-order valence-electron chi connectivity index (χ1n) is 8.49. The van der Waals surface area contributed by atoms with E-state index in [0.29, 0.717) is 11.5 Å². The van der Waals surface area contributed by atoms with Gasteiger partial charge in [0, 0.05) is 4.88 Å². The first-order chi connectivity index (χ1) is 12.7.